The van der Waals surface area contributed by atoms with Crippen LogP contribution < -0.4 is 5.32 Å². The molecule has 0 spiro atoms. The molecule has 0 atom stereocenters. The van der Waals surface area contributed by atoms with Crippen LogP contribution in [0.3, 0.4) is 0 Å². The quantitative estimate of drug-likeness (QED) is 0.778. The third-order valence-corrected chi connectivity index (χ3v) is 2.55. The Morgan fingerprint density at radius 2 is 2.06 bits per heavy atom. The molecule has 3 heteroatoms. The fourth-order valence-corrected chi connectivity index (χ4v) is 1.44. The van der Waals surface area contributed by atoms with Gasteiger partial charge in [-0.3, -0.25) is 4.68 Å². The van der Waals surface area contributed by atoms with Gasteiger partial charge in [0, 0.05) is 18.8 Å². The third kappa shape index (κ3) is 4.79. The molecule has 92 valence electrons. The summed E-state index contributed by atoms with van der Waals surface area (Å²) in [4.78, 5) is 0. The predicted molar refractivity (Wildman–Crippen MR) is 68.4 cm³/mol. The monoisotopic (exact) mass is 223 g/mol. The highest BCUT2D eigenvalue weighted by molar-refractivity contribution is 4.98. The maximum absolute atomic E-state index is 4.50. The first-order valence-electron chi connectivity index (χ1n) is 6.13. The maximum atomic E-state index is 4.50. The largest absolute Gasteiger partial charge is 0.311 e. The van der Waals surface area contributed by atoms with E-state index in [1.807, 2.05) is 10.9 Å². The van der Waals surface area contributed by atoms with Crippen molar-refractivity contribution in [3.63, 3.8) is 0 Å². The van der Waals surface area contributed by atoms with E-state index in [0.29, 0.717) is 11.5 Å². The summed E-state index contributed by atoms with van der Waals surface area (Å²) in [5, 5.41) is 7.93. The Kier molecular flexibility index (Phi) is 4.54. The molecule has 0 bridgehead atoms. The third-order valence-electron chi connectivity index (χ3n) is 2.55. The van der Waals surface area contributed by atoms with Crippen molar-refractivity contribution >= 4 is 0 Å². The van der Waals surface area contributed by atoms with E-state index >= 15 is 0 Å². The molecule has 16 heavy (non-hydrogen) atoms. The van der Waals surface area contributed by atoms with E-state index in [9.17, 15) is 0 Å². The summed E-state index contributed by atoms with van der Waals surface area (Å²) in [5.41, 5.74) is 1.53. The highest BCUT2D eigenvalue weighted by atomic mass is 15.3. The van der Waals surface area contributed by atoms with Gasteiger partial charge in [0.05, 0.1) is 5.69 Å². The standard InChI is InChI=1S/C13H25N3/c1-11(2)16-9-6-12(15-16)10-14-8-7-13(3,4)5/h6,9,11,14H,7-8,10H2,1-5H3. The lowest BCUT2D eigenvalue weighted by Crippen LogP contribution is -2.20. The summed E-state index contributed by atoms with van der Waals surface area (Å²) in [6.07, 6.45) is 3.24. The summed E-state index contributed by atoms with van der Waals surface area (Å²) >= 11 is 0. The summed E-state index contributed by atoms with van der Waals surface area (Å²) in [6, 6.07) is 2.53. The molecular weight excluding hydrogens is 198 g/mol. The minimum absolute atomic E-state index is 0.407. The maximum Gasteiger partial charge on any atom is 0.0762 e. The van der Waals surface area contributed by atoms with Crippen molar-refractivity contribution in [1.82, 2.24) is 15.1 Å². The predicted octanol–water partition coefficient (Wildman–Crippen LogP) is 2.99. The van der Waals surface area contributed by atoms with Gasteiger partial charge in [0.25, 0.3) is 0 Å². The van der Waals surface area contributed by atoms with Crippen LogP contribution in [-0.4, -0.2) is 16.3 Å². The number of aromatic nitrogens is 2. The molecule has 0 saturated carbocycles. The lowest BCUT2D eigenvalue weighted by Gasteiger charge is -2.17. The highest BCUT2D eigenvalue weighted by Gasteiger charge is 2.09. The molecule has 0 amide bonds. The van der Waals surface area contributed by atoms with Gasteiger partial charge in [-0.25, -0.2) is 0 Å². The van der Waals surface area contributed by atoms with Crippen LogP contribution in [-0.2, 0) is 6.54 Å². The van der Waals surface area contributed by atoms with Crippen LogP contribution in [0.25, 0.3) is 0 Å². The first-order chi connectivity index (χ1) is 7.38. The Morgan fingerprint density at radius 3 is 2.56 bits per heavy atom. The number of nitrogens with zero attached hydrogens (tertiary/aromatic N) is 2. The smallest absolute Gasteiger partial charge is 0.0762 e. The van der Waals surface area contributed by atoms with Crippen molar-refractivity contribution in [2.24, 2.45) is 5.41 Å². The van der Waals surface area contributed by atoms with Gasteiger partial charge < -0.3 is 5.32 Å². The fraction of sp³-hybridized carbons (Fsp3) is 0.769. The molecule has 1 aromatic heterocycles. The Hall–Kier alpha value is -0.830. The molecule has 0 saturated heterocycles. The average Bonchev–Trinajstić information content (AvgIpc) is 2.59. The Bertz CT molecular complexity index is 307. The molecular formula is C13H25N3. The van der Waals surface area contributed by atoms with Crippen molar-refractivity contribution in [3.8, 4) is 0 Å². The SMILES string of the molecule is CC(C)n1ccc(CNCCC(C)(C)C)n1. The molecule has 0 aliphatic rings. The van der Waals surface area contributed by atoms with Crippen molar-refractivity contribution in [3.05, 3.63) is 18.0 Å². The first kappa shape index (κ1) is 13.2. The zero-order valence-electron chi connectivity index (χ0n) is 11.2. The molecule has 3 nitrogen and oxygen atoms in total. The van der Waals surface area contributed by atoms with Crippen LogP contribution in [0.5, 0.6) is 0 Å². The van der Waals surface area contributed by atoms with Gasteiger partial charge in [0.15, 0.2) is 0 Å². The van der Waals surface area contributed by atoms with Crippen molar-refractivity contribution in [1.29, 1.82) is 0 Å². The zero-order chi connectivity index (χ0) is 12.2. The van der Waals surface area contributed by atoms with Crippen molar-refractivity contribution in [2.45, 2.75) is 53.6 Å². The molecule has 0 unspecified atom stereocenters. The molecule has 0 fully saturated rings. The second-order valence-electron chi connectivity index (χ2n) is 5.87. The van der Waals surface area contributed by atoms with Crippen LogP contribution in [0.15, 0.2) is 12.3 Å². The van der Waals surface area contributed by atoms with E-state index in [-0.39, 0.29) is 0 Å². The normalized spacial score (nSPS) is 12.4. The van der Waals surface area contributed by atoms with Gasteiger partial charge in [-0.2, -0.15) is 5.10 Å². The number of hydrogen-bond donors (Lipinski definition) is 1. The number of rotatable bonds is 5. The minimum Gasteiger partial charge on any atom is -0.311 e. The summed E-state index contributed by atoms with van der Waals surface area (Å²) in [5.74, 6) is 0. The van der Waals surface area contributed by atoms with Crippen LogP contribution >= 0.6 is 0 Å². The van der Waals surface area contributed by atoms with Crippen molar-refractivity contribution in [2.75, 3.05) is 6.54 Å². The lowest BCUT2D eigenvalue weighted by atomic mass is 9.92. The molecule has 1 heterocycles. The van der Waals surface area contributed by atoms with E-state index in [1.54, 1.807) is 0 Å². The average molecular weight is 223 g/mol. The van der Waals surface area contributed by atoms with Gasteiger partial charge in [-0.1, -0.05) is 20.8 Å². The fourth-order valence-electron chi connectivity index (χ4n) is 1.44. The lowest BCUT2D eigenvalue weighted by molar-refractivity contribution is 0.366. The molecule has 1 N–H and O–H groups in total. The van der Waals surface area contributed by atoms with Gasteiger partial charge in [0.2, 0.25) is 0 Å². The highest BCUT2D eigenvalue weighted by Crippen LogP contribution is 2.17. The second kappa shape index (κ2) is 5.48. The minimum atomic E-state index is 0.407. The molecule has 1 aromatic rings. The zero-order valence-corrected chi connectivity index (χ0v) is 11.2. The molecule has 0 aliphatic heterocycles. The van der Waals surface area contributed by atoms with E-state index in [0.717, 1.165) is 18.8 Å². The summed E-state index contributed by atoms with van der Waals surface area (Å²) in [6.45, 7) is 13.0. The van der Waals surface area contributed by atoms with Gasteiger partial charge in [-0.15, -0.1) is 0 Å². The van der Waals surface area contributed by atoms with E-state index in [1.165, 1.54) is 6.42 Å². The van der Waals surface area contributed by atoms with Crippen LogP contribution in [0.1, 0.15) is 52.8 Å². The Balaban J connectivity index is 2.27. The molecule has 0 radical (unpaired) electrons. The Labute approximate surface area is 99.2 Å². The van der Waals surface area contributed by atoms with Crippen LogP contribution in [0.2, 0.25) is 0 Å². The van der Waals surface area contributed by atoms with E-state index < -0.39 is 0 Å². The summed E-state index contributed by atoms with van der Waals surface area (Å²) in [7, 11) is 0. The topological polar surface area (TPSA) is 29.9 Å². The summed E-state index contributed by atoms with van der Waals surface area (Å²) < 4.78 is 2.00. The van der Waals surface area contributed by atoms with Crippen LogP contribution in [0.4, 0.5) is 0 Å². The number of nitrogens with one attached hydrogen (secondary N) is 1. The second-order valence-corrected chi connectivity index (χ2v) is 5.87. The van der Waals surface area contributed by atoms with Crippen LogP contribution in [0, 0.1) is 5.41 Å². The van der Waals surface area contributed by atoms with E-state index in [2.05, 4.69) is 51.1 Å². The molecule has 0 aromatic carbocycles. The van der Waals surface area contributed by atoms with E-state index in [4.69, 9.17) is 0 Å². The van der Waals surface area contributed by atoms with Gasteiger partial charge in [-0.05, 0) is 38.3 Å². The first-order valence-corrected chi connectivity index (χ1v) is 6.13. The van der Waals surface area contributed by atoms with Gasteiger partial charge in [0.1, 0.15) is 0 Å². The molecule has 1 rings (SSSR count). The molecule has 0 aliphatic carbocycles. The number of hydrogen-bond acceptors (Lipinski definition) is 2. The van der Waals surface area contributed by atoms with Crippen molar-refractivity contribution < 1.29 is 0 Å². The van der Waals surface area contributed by atoms with Gasteiger partial charge >= 0.3 is 0 Å². The Morgan fingerprint density at radius 1 is 1.38 bits per heavy atom.